The molecule has 0 bridgehead atoms. The molecule has 0 saturated heterocycles. The summed E-state index contributed by atoms with van der Waals surface area (Å²) in [5, 5.41) is 0. The standard InChI is InChI=1S/C13H15F2NO/c1-13(16,9-3-4-9)12(17)6-8-2-5-10(14)7-11(8)15/h2,5,7,9H,3-4,6,16H2,1H3. The molecule has 0 heterocycles. The van der Waals surface area contributed by atoms with Gasteiger partial charge in [-0.1, -0.05) is 6.07 Å². The Bertz CT molecular complexity index is 453. The van der Waals surface area contributed by atoms with Crippen molar-refractivity contribution in [1.29, 1.82) is 0 Å². The van der Waals surface area contributed by atoms with E-state index >= 15 is 0 Å². The Morgan fingerprint density at radius 1 is 1.47 bits per heavy atom. The maximum atomic E-state index is 13.4. The van der Waals surface area contributed by atoms with Crippen molar-refractivity contribution in [2.75, 3.05) is 0 Å². The van der Waals surface area contributed by atoms with E-state index in [1.165, 1.54) is 6.07 Å². The van der Waals surface area contributed by atoms with E-state index in [1.807, 2.05) is 0 Å². The summed E-state index contributed by atoms with van der Waals surface area (Å²) in [5.41, 5.74) is 5.26. The summed E-state index contributed by atoms with van der Waals surface area (Å²) < 4.78 is 26.1. The lowest BCUT2D eigenvalue weighted by molar-refractivity contribution is -0.123. The molecular formula is C13H15F2NO. The van der Waals surface area contributed by atoms with Gasteiger partial charge in [0.15, 0.2) is 5.78 Å². The van der Waals surface area contributed by atoms with E-state index in [2.05, 4.69) is 0 Å². The lowest BCUT2D eigenvalue weighted by Crippen LogP contribution is -2.48. The Balaban J connectivity index is 2.12. The minimum Gasteiger partial charge on any atom is -0.319 e. The first-order chi connectivity index (χ1) is 7.91. The second kappa shape index (κ2) is 4.18. The third-order valence-corrected chi connectivity index (χ3v) is 3.39. The van der Waals surface area contributed by atoms with Gasteiger partial charge in [-0.25, -0.2) is 8.78 Å². The van der Waals surface area contributed by atoms with Gasteiger partial charge in [-0.15, -0.1) is 0 Å². The zero-order valence-corrected chi connectivity index (χ0v) is 9.67. The second-order valence-electron chi connectivity index (χ2n) is 4.89. The Morgan fingerprint density at radius 2 is 2.12 bits per heavy atom. The van der Waals surface area contributed by atoms with Gasteiger partial charge in [-0.05, 0) is 37.3 Å². The van der Waals surface area contributed by atoms with Gasteiger partial charge in [-0.2, -0.15) is 0 Å². The maximum absolute atomic E-state index is 13.4. The monoisotopic (exact) mass is 239 g/mol. The molecule has 0 aliphatic heterocycles. The minimum absolute atomic E-state index is 0.0738. The summed E-state index contributed by atoms with van der Waals surface area (Å²) >= 11 is 0. The van der Waals surface area contributed by atoms with Crippen LogP contribution in [0.1, 0.15) is 25.3 Å². The van der Waals surface area contributed by atoms with Crippen LogP contribution in [0.15, 0.2) is 18.2 Å². The Hall–Kier alpha value is -1.29. The predicted octanol–water partition coefficient (Wildman–Crippen LogP) is 2.20. The first-order valence-electron chi connectivity index (χ1n) is 5.67. The third-order valence-electron chi connectivity index (χ3n) is 3.39. The molecule has 1 unspecified atom stereocenters. The fourth-order valence-electron chi connectivity index (χ4n) is 1.94. The van der Waals surface area contributed by atoms with Crippen LogP contribution in [-0.4, -0.2) is 11.3 Å². The number of halogens is 2. The average molecular weight is 239 g/mol. The molecular weight excluding hydrogens is 224 g/mol. The molecule has 1 atom stereocenters. The number of carbonyl (C=O) groups is 1. The summed E-state index contributed by atoms with van der Waals surface area (Å²) in [7, 11) is 0. The predicted molar refractivity (Wildman–Crippen MR) is 60.4 cm³/mol. The molecule has 1 aliphatic carbocycles. The molecule has 1 saturated carbocycles. The average Bonchev–Trinajstić information content (AvgIpc) is 3.05. The molecule has 4 heteroatoms. The fraction of sp³-hybridized carbons (Fsp3) is 0.462. The lowest BCUT2D eigenvalue weighted by atomic mass is 9.88. The normalized spacial score (nSPS) is 18.8. The van der Waals surface area contributed by atoms with E-state index in [-0.39, 0.29) is 23.7 Å². The zero-order chi connectivity index (χ0) is 12.6. The van der Waals surface area contributed by atoms with E-state index < -0.39 is 17.2 Å². The number of hydrogen-bond donors (Lipinski definition) is 1. The molecule has 2 nitrogen and oxygen atoms in total. The van der Waals surface area contributed by atoms with E-state index in [4.69, 9.17) is 5.73 Å². The lowest BCUT2D eigenvalue weighted by Gasteiger charge is -2.22. The van der Waals surface area contributed by atoms with E-state index in [0.29, 0.717) is 0 Å². The SMILES string of the molecule is CC(N)(C(=O)Cc1ccc(F)cc1F)C1CC1. The molecule has 1 aromatic carbocycles. The smallest absolute Gasteiger partial charge is 0.157 e. The van der Waals surface area contributed by atoms with Crippen LogP contribution in [0.2, 0.25) is 0 Å². The molecule has 1 aromatic rings. The molecule has 0 amide bonds. The third kappa shape index (κ3) is 2.52. The highest BCUT2D eigenvalue weighted by atomic mass is 19.1. The van der Waals surface area contributed by atoms with Gasteiger partial charge >= 0.3 is 0 Å². The van der Waals surface area contributed by atoms with Crippen molar-refractivity contribution in [2.24, 2.45) is 11.7 Å². The second-order valence-corrected chi connectivity index (χ2v) is 4.89. The Kier molecular flexibility index (Phi) is 3.00. The molecule has 0 radical (unpaired) electrons. The number of hydrogen-bond acceptors (Lipinski definition) is 2. The summed E-state index contributed by atoms with van der Waals surface area (Å²) in [6, 6.07) is 3.23. The number of benzene rings is 1. The number of Topliss-reactive ketones (excluding diaryl/α,β-unsaturated/α-hetero) is 1. The van der Waals surface area contributed by atoms with E-state index in [9.17, 15) is 13.6 Å². The van der Waals surface area contributed by atoms with Gasteiger partial charge in [0.1, 0.15) is 11.6 Å². The van der Waals surface area contributed by atoms with Gasteiger partial charge in [0.25, 0.3) is 0 Å². The van der Waals surface area contributed by atoms with Crippen molar-refractivity contribution >= 4 is 5.78 Å². The largest absolute Gasteiger partial charge is 0.319 e. The van der Waals surface area contributed by atoms with Crippen molar-refractivity contribution in [2.45, 2.75) is 31.7 Å². The van der Waals surface area contributed by atoms with Crippen molar-refractivity contribution in [3.8, 4) is 0 Å². The maximum Gasteiger partial charge on any atom is 0.157 e. The van der Waals surface area contributed by atoms with Crippen LogP contribution in [0.3, 0.4) is 0 Å². The molecule has 1 fully saturated rings. The molecule has 0 aromatic heterocycles. The quantitative estimate of drug-likeness (QED) is 0.875. The summed E-state index contributed by atoms with van der Waals surface area (Å²) in [6.45, 7) is 1.69. The number of carbonyl (C=O) groups excluding carboxylic acids is 1. The molecule has 17 heavy (non-hydrogen) atoms. The van der Waals surface area contributed by atoms with Gasteiger partial charge in [0.2, 0.25) is 0 Å². The molecule has 92 valence electrons. The topological polar surface area (TPSA) is 43.1 Å². The number of nitrogens with two attached hydrogens (primary N) is 1. The van der Waals surface area contributed by atoms with E-state index in [0.717, 1.165) is 25.0 Å². The van der Waals surface area contributed by atoms with Crippen molar-refractivity contribution in [3.05, 3.63) is 35.4 Å². The highest BCUT2D eigenvalue weighted by molar-refractivity contribution is 5.90. The highest BCUT2D eigenvalue weighted by Gasteiger charge is 2.43. The zero-order valence-electron chi connectivity index (χ0n) is 9.67. The van der Waals surface area contributed by atoms with Crippen molar-refractivity contribution < 1.29 is 13.6 Å². The van der Waals surface area contributed by atoms with Crippen LogP contribution in [0.25, 0.3) is 0 Å². The van der Waals surface area contributed by atoms with Crippen molar-refractivity contribution in [3.63, 3.8) is 0 Å². The van der Waals surface area contributed by atoms with Crippen LogP contribution < -0.4 is 5.73 Å². The molecule has 0 spiro atoms. The fourth-order valence-corrected chi connectivity index (χ4v) is 1.94. The van der Waals surface area contributed by atoms with Crippen LogP contribution >= 0.6 is 0 Å². The Labute approximate surface area is 98.8 Å². The number of rotatable bonds is 4. The molecule has 1 aliphatic rings. The summed E-state index contributed by atoms with van der Waals surface area (Å²) in [5.74, 6) is -1.31. The van der Waals surface area contributed by atoms with Gasteiger partial charge in [0, 0.05) is 12.5 Å². The Morgan fingerprint density at radius 3 is 2.65 bits per heavy atom. The molecule has 2 N–H and O–H groups in total. The van der Waals surface area contributed by atoms with Crippen LogP contribution in [0.5, 0.6) is 0 Å². The van der Waals surface area contributed by atoms with Gasteiger partial charge in [-0.3, -0.25) is 4.79 Å². The first-order valence-corrected chi connectivity index (χ1v) is 5.67. The molecule has 2 rings (SSSR count). The summed E-state index contributed by atoms with van der Waals surface area (Å²) in [6.07, 6.45) is 1.82. The first kappa shape index (κ1) is 12.2. The van der Waals surface area contributed by atoms with Gasteiger partial charge in [0.05, 0.1) is 5.54 Å². The minimum atomic E-state index is -0.888. The number of ketones is 1. The van der Waals surface area contributed by atoms with Gasteiger partial charge < -0.3 is 5.73 Å². The van der Waals surface area contributed by atoms with E-state index in [1.54, 1.807) is 6.92 Å². The highest BCUT2D eigenvalue weighted by Crippen LogP contribution is 2.39. The van der Waals surface area contributed by atoms with Crippen LogP contribution in [0, 0.1) is 17.6 Å². The van der Waals surface area contributed by atoms with Crippen LogP contribution in [0.4, 0.5) is 8.78 Å². The van der Waals surface area contributed by atoms with Crippen molar-refractivity contribution in [1.82, 2.24) is 0 Å². The van der Waals surface area contributed by atoms with Crippen LogP contribution in [-0.2, 0) is 11.2 Å². The summed E-state index contributed by atoms with van der Waals surface area (Å²) in [4.78, 5) is 12.0.